The van der Waals surface area contributed by atoms with Crippen LogP contribution in [0.4, 0.5) is 4.79 Å². The SMILES string of the molecule is CCCC(C(=O)NC(COC(C)(C)C)C(=O)NC(CCCCNC(=O)OC(C)(C)C)C(=O)NCCC1CCCCC1)c1ccc(CCCCn2ccnc2C)cc1. The van der Waals surface area contributed by atoms with Crippen LogP contribution in [0.2, 0.25) is 0 Å². The van der Waals surface area contributed by atoms with E-state index in [1.54, 1.807) is 0 Å². The van der Waals surface area contributed by atoms with E-state index >= 15 is 0 Å². The summed E-state index contributed by atoms with van der Waals surface area (Å²) in [5, 5.41) is 11.8. The van der Waals surface area contributed by atoms with Crippen LogP contribution in [0.3, 0.4) is 0 Å². The molecule has 1 saturated carbocycles. The second-order valence-corrected chi connectivity index (χ2v) is 17.8. The van der Waals surface area contributed by atoms with E-state index in [0.29, 0.717) is 44.7 Å². The Labute approximate surface area is 342 Å². The predicted molar refractivity (Wildman–Crippen MR) is 226 cm³/mol. The summed E-state index contributed by atoms with van der Waals surface area (Å²) in [6, 6.07) is 6.42. The van der Waals surface area contributed by atoms with Crippen molar-refractivity contribution in [1.29, 1.82) is 0 Å². The van der Waals surface area contributed by atoms with Gasteiger partial charge in [0.15, 0.2) is 0 Å². The lowest BCUT2D eigenvalue weighted by molar-refractivity contribution is -0.135. The molecule has 57 heavy (non-hydrogen) atoms. The Morgan fingerprint density at radius 3 is 2.14 bits per heavy atom. The molecule has 0 bridgehead atoms. The monoisotopic (exact) mass is 795 g/mol. The van der Waals surface area contributed by atoms with E-state index in [0.717, 1.165) is 50.0 Å². The molecule has 0 spiro atoms. The average molecular weight is 795 g/mol. The van der Waals surface area contributed by atoms with Crippen molar-refractivity contribution >= 4 is 23.8 Å². The first-order valence-corrected chi connectivity index (χ1v) is 21.6. The quantitative estimate of drug-likeness (QED) is 0.0843. The van der Waals surface area contributed by atoms with Crippen molar-refractivity contribution in [1.82, 2.24) is 30.8 Å². The van der Waals surface area contributed by atoms with Crippen LogP contribution in [0.15, 0.2) is 36.7 Å². The highest BCUT2D eigenvalue weighted by Gasteiger charge is 2.31. The number of imidazole rings is 1. The molecule has 0 aliphatic heterocycles. The Hall–Kier alpha value is -3.93. The molecule has 1 aromatic carbocycles. The third-order valence-corrected chi connectivity index (χ3v) is 10.4. The van der Waals surface area contributed by atoms with Crippen LogP contribution >= 0.6 is 0 Å². The van der Waals surface area contributed by atoms with Gasteiger partial charge in [0.1, 0.15) is 23.5 Å². The molecule has 1 aromatic heterocycles. The molecule has 3 atom stereocenters. The first-order chi connectivity index (χ1) is 27.0. The van der Waals surface area contributed by atoms with Crippen molar-refractivity contribution < 1.29 is 28.7 Å². The van der Waals surface area contributed by atoms with E-state index in [4.69, 9.17) is 9.47 Å². The zero-order valence-electron chi connectivity index (χ0n) is 36.3. The maximum atomic E-state index is 14.1. The highest BCUT2D eigenvalue weighted by molar-refractivity contribution is 5.93. The number of ether oxygens (including phenoxy) is 2. The van der Waals surface area contributed by atoms with Crippen LogP contribution in [0.25, 0.3) is 0 Å². The second kappa shape index (κ2) is 24.1. The second-order valence-electron chi connectivity index (χ2n) is 17.8. The van der Waals surface area contributed by atoms with Gasteiger partial charge >= 0.3 is 6.09 Å². The molecular weight excluding hydrogens is 721 g/mol. The predicted octanol–water partition coefficient (Wildman–Crippen LogP) is 7.66. The van der Waals surface area contributed by atoms with Crippen LogP contribution in [0.5, 0.6) is 0 Å². The molecule has 0 saturated heterocycles. The fourth-order valence-electron chi connectivity index (χ4n) is 7.21. The van der Waals surface area contributed by atoms with E-state index in [1.807, 2.05) is 79.9 Å². The Balaban J connectivity index is 1.67. The third kappa shape index (κ3) is 18.9. The molecule has 12 nitrogen and oxygen atoms in total. The number of rotatable bonds is 23. The highest BCUT2D eigenvalue weighted by Crippen LogP contribution is 2.26. The summed E-state index contributed by atoms with van der Waals surface area (Å²) in [6.07, 6.45) is 16.4. The molecule has 0 radical (unpaired) electrons. The Kier molecular flexibility index (Phi) is 20.1. The van der Waals surface area contributed by atoms with E-state index in [1.165, 1.54) is 37.7 Å². The summed E-state index contributed by atoms with van der Waals surface area (Å²) >= 11 is 0. The molecule has 3 unspecified atom stereocenters. The van der Waals surface area contributed by atoms with Gasteiger partial charge in [-0.25, -0.2) is 9.78 Å². The number of hydrogen-bond acceptors (Lipinski definition) is 7. The van der Waals surface area contributed by atoms with Gasteiger partial charge in [0.25, 0.3) is 0 Å². The van der Waals surface area contributed by atoms with Crippen LogP contribution in [-0.2, 0) is 36.8 Å². The lowest BCUT2D eigenvalue weighted by Gasteiger charge is -2.28. The standard InChI is InChI=1S/C45H74N6O6/c1-9-17-37(36-24-22-35(23-25-36)20-14-16-30-51-31-29-46-33(51)2)40(52)50-39(32-56-44(3,4)5)42(54)49-38(21-13-15-27-48-43(55)57-45(6,7)8)41(53)47-28-26-34-18-11-10-12-19-34/h22-25,29,31,34,37-39H,9-21,26-28,30,32H2,1-8H3,(H,47,53)(H,48,55)(H,49,54)(H,50,52). The third-order valence-electron chi connectivity index (χ3n) is 10.4. The van der Waals surface area contributed by atoms with Gasteiger partial charge in [-0.1, -0.05) is 69.7 Å². The number of aryl methyl sites for hydroxylation is 3. The highest BCUT2D eigenvalue weighted by atomic mass is 16.6. The number of unbranched alkanes of at least 4 members (excludes halogenated alkanes) is 2. The van der Waals surface area contributed by atoms with E-state index in [-0.39, 0.29) is 18.4 Å². The van der Waals surface area contributed by atoms with Gasteiger partial charge in [-0.2, -0.15) is 0 Å². The fraction of sp³-hybridized carbons (Fsp3) is 0.711. The molecule has 1 fully saturated rings. The van der Waals surface area contributed by atoms with Crippen LogP contribution in [-0.4, -0.2) is 76.3 Å². The number of carbonyl (C=O) groups excluding carboxylic acids is 4. The van der Waals surface area contributed by atoms with Crippen molar-refractivity contribution in [2.45, 2.75) is 181 Å². The number of amides is 4. The number of nitrogens with one attached hydrogen (secondary N) is 4. The summed E-state index contributed by atoms with van der Waals surface area (Å²) in [7, 11) is 0. The fourth-order valence-corrected chi connectivity index (χ4v) is 7.21. The van der Waals surface area contributed by atoms with Gasteiger partial charge in [-0.3, -0.25) is 14.4 Å². The largest absolute Gasteiger partial charge is 0.444 e. The number of nitrogens with zero attached hydrogens (tertiary/aromatic N) is 2. The minimum absolute atomic E-state index is 0.0483. The van der Waals surface area contributed by atoms with Crippen molar-refractivity contribution in [3.63, 3.8) is 0 Å². The van der Waals surface area contributed by atoms with E-state index < -0.39 is 41.2 Å². The van der Waals surface area contributed by atoms with Crippen molar-refractivity contribution in [3.8, 4) is 0 Å². The van der Waals surface area contributed by atoms with Gasteiger partial charge in [0.2, 0.25) is 17.7 Å². The van der Waals surface area contributed by atoms with Crippen molar-refractivity contribution in [2.24, 2.45) is 5.92 Å². The van der Waals surface area contributed by atoms with Crippen LogP contribution < -0.4 is 21.3 Å². The Morgan fingerprint density at radius 2 is 1.51 bits per heavy atom. The van der Waals surface area contributed by atoms with Crippen molar-refractivity contribution in [3.05, 3.63) is 53.6 Å². The molecule has 2 aromatic rings. The number of benzene rings is 1. The lowest BCUT2D eigenvalue weighted by atomic mass is 9.87. The number of aromatic nitrogens is 2. The lowest BCUT2D eigenvalue weighted by Crippen LogP contribution is -2.56. The topological polar surface area (TPSA) is 153 Å². The summed E-state index contributed by atoms with van der Waals surface area (Å²) < 4.78 is 13.6. The van der Waals surface area contributed by atoms with Crippen LogP contribution in [0.1, 0.15) is 155 Å². The first-order valence-electron chi connectivity index (χ1n) is 21.6. The van der Waals surface area contributed by atoms with Gasteiger partial charge < -0.3 is 35.3 Å². The summed E-state index contributed by atoms with van der Waals surface area (Å²) in [5.74, 6) is 0.214. The normalized spacial score (nSPS) is 15.3. The van der Waals surface area contributed by atoms with Crippen LogP contribution in [0, 0.1) is 12.8 Å². The Bertz CT molecular complexity index is 1510. The molecule has 4 amide bonds. The maximum absolute atomic E-state index is 14.1. The molecule has 1 aliphatic rings. The number of carbonyl (C=O) groups is 4. The first kappa shape index (κ1) is 47.4. The molecule has 320 valence electrons. The van der Waals surface area contributed by atoms with E-state index in [9.17, 15) is 19.2 Å². The van der Waals surface area contributed by atoms with Gasteiger partial charge in [0, 0.05) is 32.0 Å². The molecule has 4 N–H and O–H groups in total. The summed E-state index contributed by atoms with van der Waals surface area (Å²) in [6.45, 7) is 17.0. The van der Waals surface area contributed by atoms with Gasteiger partial charge in [0.05, 0.1) is 18.1 Å². The zero-order chi connectivity index (χ0) is 41.8. The summed E-state index contributed by atoms with van der Waals surface area (Å²) in [4.78, 5) is 58.2. The van der Waals surface area contributed by atoms with Crippen molar-refractivity contribution in [2.75, 3.05) is 19.7 Å². The number of alkyl carbamates (subject to hydrolysis) is 1. The molecule has 1 heterocycles. The minimum atomic E-state index is -1.01. The van der Waals surface area contributed by atoms with Gasteiger partial charge in [-0.05, 0) is 117 Å². The minimum Gasteiger partial charge on any atom is -0.444 e. The number of hydrogen-bond donors (Lipinski definition) is 4. The van der Waals surface area contributed by atoms with E-state index in [2.05, 4.69) is 43.0 Å². The molecule has 1 aliphatic carbocycles. The smallest absolute Gasteiger partial charge is 0.407 e. The molecular formula is C45H74N6O6. The summed E-state index contributed by atoms with van der Waals surface area (Å²) in [5.41, 5.74) is 0.964. The Morgan fingerprint density at radius 1 is 0.807 bits per heavy atom. The van der Waals surface area contributed by atoms with Gasteiger partial charge in [-0.15, -0.1) is 0 Å². The molecule has 12 heteroatoms. The maximum Gasteiger partial charge on any atom is 0.407 e. The zero-order valence-corrected chi connectivity index (χ0v) is 36.3. The molecule has 3 rings (SSSR count). The average Bonchev–Trinajstić information content (AvgIpc) is 3.56.